The molecule has 0 atom stereocenters. The van der Waals surface area contributed by atoms with Crippen LogP contribution in [-0.2, 0) is 6.54 Å². The lowest BCUT2D eigenvalue weighted by Crippen LogP contribution is -2.11. The fraction of sp³-hybridized carbons (Fsp3) is 0.143. The lowest BCUT2D eigenvalue weighted by molar-refractivity contribution is 0.0999. The van der Waals surface area contributed by atoms with Gasteiger partial charge in [-0.15, -0.1) is 0 Å². The van der Waals surface area contributed by atoms with Crippen molar-refractivity contribution in [1.29, 1.82) is 0 Å². The summed E-state index contributed by atoms with van der Waals surface area (Å²) in [5.74, 6) is 0.467. The van der Waals surface area contributed by atoms with Crippen molar-refractivity contribution < 1.29 is 9.53 Å². The van der Waals surface area contributed by atoms with Gasteiger partial charge in [-0.1, -0.05) is 12.1 Å². The van der Waals surface area contributed by atoms with Crippen LogP contribution < -0.4 is 16.2 Å². The molecule has 0 saturated heterocycles. The molecular formula is C14H15N3O2. The van der Waals surface area contributed by atoms with Gasteiger partial charge in [-0.25, -0.2) is 4.98 Å². The first-order valence-corrected chi connectivity index (χ1v) is 5.84. The number of nitrogens with two attached hydrogens (primary N) is 2. The lowest BCUT2D eigenvalue weighted by Gasteiger charge is -2.07. The summed E-state index contributed by atoms with van der Waals surface area (Å²) < 4.78 is 5.59. The quantitative estimate of drug-likeness (QED) is 0.872. The summed E-state index contributed by atoms with van der Waals surface area (Å²) in [5, 5.41) is 0. The summed E-state index contributed by atoms with van der Waals surface area (Å²) in [7, 11) is 0. The Bertz CT molecular complexity index is 594. The van der Waals surface area contributed by atoms with Crippen molar-refractivity contribution in [1.82, 2.24) is 4.98 Å². The van der Waals surface area contributed by atoms with Crippen molar-refractivity contribution in [2.75, 3.05) is 0 Å². The zero-order valence-electron chi connectivity index (χ0n) is 10.6. The first kappa shape index (κ1) is 13.0. The summed E-state index contributed by atoms with van der Waals surface area (Å²) in [4.78, 5) is 15.4. The number of carbonyl (C=O) groups excluding carboxylic acids is 1. The van der Waals surface area contributed by atoms with Crippen LogP contribution in [0.1, 0.15) is 21.6 Å². The standard InChI is InChI=1S/C14H15N3O2/c1-9-6-11(14(16)18)7-13(17-9)19-12-4-2-10(8-15)3-5-12/h2-7H,8,15H2,1H3,(H2,16,18). The largest absolute Gasteiger partial charge is 0.439 e. The molecule has 0 aliphatic heterocycles. The maximum Gasteiger partial charge on any atom is 0.248 e. The Labute approximate surface area is 111 Å². The van der Waals surface area contributed by atoms with Crippen molar-refractivity contribution >= 4 is 5.91 Å². The van der Waals surface area contributed by atoms with Gasteiger partial charge >= 0.3 is 0 Å². The van der Waals surface area contributed by atoms with Crippen LogP contribution in [0.4, 0.5) is 0 Å². The predicted molar refractivity (Wildman–Crippen MR) is 71.9 cm³/mol. The zero-order valence-corrected chi connectivity index (χ0v) is 10.6. The number of carbonyl (C=O) groups is 1. The van der Waals surface area contributed by atoms with Crippen LogP contribution in [0.3, 0.4) is 0 Å². The van der Waals surface area contributed by atoms with Crippen molar-refractivity contribution in [2.24, 2.45) is 11.5 Å². The molecule has 0 spiro atoms. The van der Waals surface area contributed by atoms with E-state index in [-0.39, 0.29) is 0 Å². The molecule has 2 aromatic rings. The fourth-order valence-corrected chi connectivity index (χ4v) is 1.65. The molecule has 5 heteroatoms. The van der Waals surface area contributed by atoms with Gasteiger partial charge in [-0.3, -0.25) is 4.79 Å². The van der Waals surface area contributed by atoms with Gasteiger partial charge in [0, 0.05) is 23.9 Å². The molecule has 5 nitrogen and oxygen atoms in total. The maximum absolute atomic E-state index is 11.2. The number of aryl methyl sites for hydroxylation is 1. The number of rotatable bonds is 4. The summed E-state index contributed by atoms with van der Waals surface area (Å²) in [6, 6.07) is 10.5. The summed E-state index contributed by atoms with van der Waals surface area (Å²) in [6.45, 7) is 2.26. The van der Waals surface area contributed by atoms with Crippen molar-refractivity contribution in [3.8, 4) is 11.6 Å². The molecule has 4 N–H and O–H groups in total. The van der Waals surface area contributed by atoms with Crippen molar-refractivity contribution in [3.05, 3.63) is 53.2 Å². The Morgan fingerprint density at radius 3 is 2.53 bits per heavy atom. The van der Waals surface area contributed by atoms with E-state index in [0.717, 1.165) is 5.56 Å². The van der Waals surface area contributed by atoms with Gasteiger partial charge in [0.2, 0.25) is 11.8 Å². The average molecular weight is 257 g/mol. The minimum atomic E-state index is -0.506. The van der Waals surface area contributed by atoms with E-state index >= 15 is 0 Å². The molecule has 0 aliphatic rings. The van der Waals surface area contributed by atoms with Crippen LogP contribution in [-0.4, -0.2) is 10.9 Å². The van der Waals surface area contributed by atoms with Gasteiger partial charge in [0.25, 0.3) is 0 Å². The lowest BCUT2D eigenvalue weighted by atomic mass is 10.2. The molecule has 0 fully saturated rings. The van der Waals surface area contributed by atoms with E-state index < -0.39 is 5.91 Å². The monoisotopic (exact) mass is 257 g/mol. The van der Waals surface area contributed by atoms with Gasteiger partial charge in [0.15, 0.2) is 0 Å². The highest BCUT2D eigenvalue weighted by molar-refractivity contribution is 5.93. The van der Waals surface area contributed by atoms with Gasteiger partial charge < -0.3 is 16.2 Å². The van der Waals surface area contributed by atoms with Gasteiger partial charge in [0.1, 0.15) is 5.75 Å². The molecule has 1 aromatic heterocycles. The third-order valence-corrected chi connectivity index (χ3v) is 2.60. The van der Waals surface area contributed by atoms with Crippen LogP contribution in [0.25, 0.3) is 0 Å². The molecule has 1 heterocycles. The molecule has 98 valence electrons. The number of ether oxygens (including phenoxy) is 1. The number of nitrogens with zero attached hydrogens (tertiary/aromatic N) is 1. The number of hydrogen-bond donors (Lipinski definition) is 2. The van der Waals surface area contributed by atoms with E-state index in [4.69, 9.17) is 16.2 Å². The fourth-order valence-electron chi connectivity index (χ4n) is 1.65. The maximum atomic E-state index is 11.2. The van der Waals surface area contributed by atoms with Crippen LogP contribution in [0, 0.1) is 6.92 Å². The van der Waals surface area contributed by atoms with Crippen LogP contribution >= 0.6 is 0 Å². The Balaban J connectivity index is 2.24. The topological polar surface area (TPSA) is 91.2 Å². The third-order valence-electron chi connectivity index (χ3n) is 2.60. The van der Waals surface area contributed by atoms with E-state index in [1.807, 2.05) is 12.1 Å². The van der Waals surface area contributed by atoms with Crippen LogP contribution in [0.15, 0.2) is 36.4 Å². The second kappa shape index (κ2) is 5.49. The van der Waals surface area contributed by atoms with E-state index in [2.05, 4.69) is 4.98 Å². The van der Waals surface area contributed by atoms with Crippen molar-refractivity contribution in [2.45, 2.75) is 13.5 Å². The van der Waals surface area contributed by atoms with Crippen LogP contribution in [0.5, 0.6) is 11.6 Å². The molecule has 0 aliphatic carbocycles. The van der Waals surface area contributed by atoms with E-state index in [0.29, 0.717) is 29.4 Å². The molecule has 1 amide bonds. The number of aromatic nitrogens is 1. The average Bonchev–Trinajstić information content (AvgIpc) is 2.39. The molecule has 1 aromatic carbocycles. The molecule has 2 rings (SSSR count). The Kier molecular flexibility index (Phi) is 3.77. The van der Waals surface area contributed by atoms with E-state index in [9.17, 15) is 4.79 Å². The van der Waals surface area contributed by atoms with Gasteiger partial charge in [-0.2, -0.15) is 0 Å². The zero-order chi connectivity index (χ0) is 13.8. The molecular weight excluding hydrogens is 242 g/mol. The van der Waals surface area contributed by atoms with Crippen LogP contribution in [0.2, 0.25) is 0 Å². The SMILES string of the molecule is Cc1cc(C(N)=O)cc(Oc2ccc(CN)cc2)n1. The summed E-state index contributed by atoms with van der Waals surface area (Å²) in [6.07, 6.45) is 0. The van der Waals surface area contributed by atoms with E-state index in [1.165, 1.54) is 6.07 Å². The second-order valence-corrected chi connectivity index (χ2v) is 4.15. The summed E-state index contributed by atoms with van der Waals surface area (Å²) in [5.41, 5.74) is 12.8. The van der Waals surface area contributed by atoms with Gasteiger partial charge in [0.05, 0.1) is 0 Å². The molecule has 0 bridgehead atoms. The number of pyridine rings is 1. The van der Waals surface area contributed by atoms with Crippen molar-refractivity contribution in [3.63, 3.8) is 0 Å². The second-order valence-electron chi connectivity index (χ2n) is 4.15. The molecule has 0 saturated carbocycles. The normalized spacial score (nSPS) is 10.2. The number of hydrogen-bond acceptors (Lipinski definition) is 4. The smallest absolute Gasteiger partial charge is 0.248 e. The highest BCUT2D eigenvalue weighted by Gasteiger charge is 2.06. The molecule has 19 heavy (non-hydrogen) atoms. The predicted octanol–water partition coefficient (Wildman–Crippen LogP) is 1.74. The number of benzene rings is 1. The third kappa shape index (κ3) is 3.29. The minimum absolute atomic E-state index is 0.342. The Morgan fingerprint density at radius 1 is 1.26 bits per heavy atom. The highest BCUT2D eigenvalue weighted by Crippen LogP contribution is 2.21. The summed E-state index contributed by atoms with van der Waals surface area (Å²) >= 11 is 0. The minimum Gasteiger partial charge on any atom is -0.439 e. The van der Waals surface area contributed by atoms with E-state index in [1.54, 1.807) is 25.1 Å². The number of primary amides is 1. The Morgan fingerprint density at radius 2 is 1.95 bits per heavy atom. The molecule has 0 radical (unpaired) electrons. The first-order chi connectivity index (χ1) is 9.08. The van der Waals surface area contributed by atoms with Gasteiger partial charge in [-0.05, 0) is 30.7 Å². The Hall–Kier alpha value is -2.40. The number of amides is 1. The molecule has 0 unspecified atom stereocenters. The first-order valence-electron chi connectivity index (χ1n) is 5.84. The highest BCUT2D eigenvalue weighted by atomic mass is 16.5.